The van der Waals surface area contributed by atoms with Gasteiger partial charge in [0, 0.05) is 11.9 Å². The number of carbonyl (C=O) groups is 1. The van der Waals surface area contributed by atoms with Crippen LogP contribution >= 0.6 is 0 Å². The lowest BCUT2D eigenvalue weighted by Crippen LogP contribution is -2.05. The van der Waals surface area contributed by atoms with Crippen LogP contribution in [0, 0.1) is 24.1 Å². The van der Waals surface area contributed by atoms with Crippen LogP contribution in [0.4, 0.5) is 15.8 Å². The highest BCUT2D eigenvalue weighted by atomic mass is 19.1. The Hall–Kier alpha value is -2.94. The van der Waals surface area contributed by atoms with E-state index in [1.807, 2.05) is 6.07 Å². The first kappa shape index (κ1) is 13.5. The average molecular weight is 271 g/mol. The third-order valence-electron chi connectivity index (χ3n) is 2.64. The Morgan fingerprint density at radius 1 is 1.40 bits per heavy atom. The van der Waals surface area contributed by atoms with Crippen molar-refractivity contribution < 1.29 is 14.3 Å². The molecule has 1 heterocycles. The van der Waals surface area contributed by atoms with Gasteiger partial charge in [-0.25, -0.2) is 9.18 Å². The molecule has 0 saturated carbocycles. The Bertz CT molecular complexity index is 723. The van der Waals surface area contributed by atoms with Crippen molar-refractivity contribution in [1.82, 2.24) is 4.98 Å². The molecule has 100 valence electrons. The molecule has 0 aliphatic rings. The number of hydrogen-bond acceptors (Lipinski definition) is 4. The number of nitrogens with zero attached hydrogens (tertiary/aromatic N) is 2. The van der Waals surface area contributed by atoms with Gasteiger partial charge in [0.1, 0.15) is 17.4 Å². The third-order valence-corrected chi connectivity index (χ3v) is 2.64. The molecule has 2 rings (SSSR count). The summed E-state index contributed by atoms with van der Waals surface area (Å²) in [5.74, 6) is -1.67. The summed E-state index contributed by atoms with van der Waals surface area (Å²) in [6.45, 7) is 1.71. The lowest BCUT2D eigenvalue weighted by Gasteiger charge is -2.11. The summed E-state index contributed by atoms with van der Waals surface area (Å²) in [6, 6.07) is 7.06. The van der Waals surface area contributed by atoms with Gasteiger partial charge in [-0.1, -0.05) is 0 Å². The Morgan fingerprint density at radius 3 is 2.80 bits per heavy atom. The van der Waals surface area contributed by atoms with E-state index in [1.54, 1.807) is 13.0 Å². The number of carboxylic acid groups (broad SMARTS) is 1. The van der Waals surface area contributed by atoms with Crippen molar-refractivity contribution in [2.24, 2.45) is 0 Å². The summed E-state index contributed by atoms with van der Waals surface area (Å²) in [5.41, 5.74) is 1.33. The van der Waals surface area contributed by atoms with Gasteiger partial charge in [0.25, 0.3) is 0 Å². The lowest BCUT2D eigenvalue weighted by atomic mass is 10.1. The topological polar surface area (TPSA) is 86.0 Å². The standard InChI is InChI=1S/C14H10FN3O2/c1-8-4-13(11(7-17-8)14(19)20)18-12-3-2-10(15)5-9(12)6-16/h2-5,7H,1H3,(H,17,18)(H,19,20). The molecule has 0 atom stereocenters. The molecular formula is C14H10FN3O2. The van der Waals surface area contributed by atoms with Gasteiger partial charge in [-0.15, -0.1) is 0 Å². The molecule has 2 aromatic rings. The van der Waals surface area contributed by atoms with Crippen LogP contribution in [0.15, 0.2) is 30.5 Å². The number of halogens is 1. The molecule has 0 amide bonds. The predicted molar refractivity (Wildman–Crippen MR) is 70.3 cm³/mol. The van der Waals surface area contributed by atoms with Crippen molar-refractivity contribution in [2.75, 3.05) is 5.32 Å². The highest BCUT2D eigenvalue weighted by molar-refractivity contribution is 5.95. The Labute approximate surface area is 114 Å². The number of aromatic nitrogens is 1. The number of carboxylic acids is 1. The summed E-state index contributed by atoms with van der Waals surface area (Å²) >= 11 is 0. The predicted octanol–water partition coefficient (Wildman–Crippen LogP) is 2.84. The average Bonchev–Trinajstić information content (AvgIpc) is 2.40. The summed E-state index contributed by atoms with van der Waals surface area (Å²) in [5, 5.41) is 20.9. The van der Waals surface area contributed by atoms with E-state index in [4.69, 9.17) is 10.4 Å². The molecule has 0 aliphatic heterocycles. The molecule has 0 saturated heterocycles. The first-order chi connectivity index (χ1) is 9.51. The van der Waals surface area contributed by atoms with Gasteiger partial charge in [-0.05, 0) is 31.2 Å². The van der Waals surface area contributed by atoms with Crippen LogP contribution < -0.4 is 5.32 Å². The Balaban J connectivity index is 2.47. The fraction of sp³-hybridized carbons (Fsp3) is 0.0714. The van der Waals surface area contributed by atoms with E-state index < -0.39 is 11.8 Å². The SMILES string of the molecule is Cc1cc(Nc2ccc(F)cc2C#N)c(C(=O)O)cn1. The van der Waals surface area contributed by atoms with E-state index in [0.717, 1.165) is 6.07 Å². The Morgan fingerprint density at radius 2 is 2.15 bits per heavy atom. The first-order valence-corrected chi connectivity index (χ1v) is 5.68. The molecule has 2 N–H and O–H groups in total. The second-order valence-electron chi connectivity index (χ2n) is 4.10. The van der Waals surface area contributed by atoms with Crippen molar-refractivity contribution in [1.29, 1.82) is 5.26 Å². The summed E-state index contributed by atoms with van der Waals surface area (Å²) in [6.07, 6.45) is 1.23. The summed E-state index contributed by atoms with van der Waals surface area (Å²) in [4.78, 5) is 15.0. The largest absolute Gasteiger partial charge is 0.478 e. The molecule has 1 aromatic heterocycles. The smallest absolute Gasteiger partial charge is 0.339 e. The molecule has 5 nitrogen and oxygen atoms in total. The molecule has 0 spiro atoms. The molecular weight excluding hydrogens is 261 g/mol. The number of rotatable bonds is 3. The van der Waals surface area contributed by atoms with E-state index in [1.165, 1.54) is 18.3 Å². The lowest BCUT2D eigenvalue weighted by molar-refractivity contribution is 0.0697. The summed E-state index contributed by atoms with van der Waals surface area (Å²) < 4.78 is 13.1. The second-order valence-corrected chi connectivity index (χ2v) is 4.10. The molecule has 0 fully saturated rings. The van der Waals surface area contributed by atoms with Crippen LogP contribution in [0.3, 0.4) is 0 Å². The van der Waals surface area contributed by atoms with E-state index in [2.05, 4.69) is 10.3 Å². The van der Waals surface area contributed by atoms with Crippen LogP contribution in [0.1, 0.15) is 21.6 Å². The van der Waals surface area contributed by atoms with Crippen molar-refractivity contribution in [3.8, 4) is 6.07 Å². The normalized spacial score (nSPS) is 9.85. The minimum atomic E-state index is -1.14. The van der Waals surface area contributed by atoms with Gasteiger partial charge in [-0.3, -0.25) is 4.98 Å². The maximum absolute atomic E-state index is 13.1. The zero-order valence-corrected chi connectivity index (χ0v) is 10.5. The molecule has 0 aliphatic carbocycles. The number of aromatic carboxylic acids is 1. The molecule has 0 radical (unpaired) electrons. The number of hydrogen-bond donors (Lipinski definition) is 2. The molecule has 1 aromatic carbocycles. The summed E-state index contributed by atoms with van der Waals surface area (Å²) in [7, 11) is 0. The highest BCUT2D eigenvalue weighted by Gasteiger charge is 2.13. The van der Waals surface area contributed by atoms with E-state index in [9.17, 15) is 9.18 Å². The fourth-order valence-corrected chi connectivity index (χ4v) is 1.70. The molecule has 0 unspecified atom stereocenters. The van der Waals surface area contributed by atoms with E-state index >= 15 is 0 Å². The quantitative estimate of drug-likeness (QED) is 0.896. The zero-order chi connectivity index (χ0) is 14.7. The van der Waals surface area contributed by atoms with Gasteiger partial charge in [-0.2, -0.15) is 5.26 Å². The van der Waals surface area contributed by atoms with Crippen molar-refractivity contribution in [3.63, 3.8) is 0 Å². The second kappa shape index (κ2) is 5.36. The van der Waals surface area contributed by atoms with Crippen LogP contribution in [0.25, 0.3) is 0 Å². The zero-order valence-electron chi connectivity index (χ0n) is 10.5. The van der Waals surface area contributed by atoms with Crippen LogP contribution in [0.2, 0.25) is 0 Å². The minimum absolute atomic E-state index is 0.0242. The first-order valence-electron chi connectivity index (χ1n) is 5.68. The van der Waals surface area contributed by atoms with Gasteiger partial charge in [0.15, 0.2) is 0 Å². The minimum Gasteiger partial charge on any atom is -0.478 e. The molecule has 6 heteroatoms. The van der Waals surface area contributed by atoms with Crippen molar-refractivity contribution in [2.45, 2.75) is 6.92 Å². The maximum atomic E-state index is 13.1. The van der Waals surface area contributed by atoms with E-state index in [0.29, 0.717) is 17.1 Å². The molecule has 0 bridgehead atoms. The van der Waals surface area contributed by atoms with Gasteiger partial charge in [0.05, 0.1) is 16.9 Å². The number of anilines is 2. The van der Waals surface area contributed by atoms with E-state index in [-0.39, 0.29) is 11.1 Å². The number of nitrogens with one attached hydrogen (secondary N) is 1. The highest BCUT2D eigenvalue weighted by Crippen LogP contribution is 2.24. The molecule has 20 heavy (non-hydrogen) atoms. The van der Waals surface area contributed by atoms with Crippen LogP contribution in [-0.4, -0.2) is 16.1 Å². The van der Waals surface area contributed by atoms with Gasteiger partial charge < -0.3 is 10.4 Å². The number of aryl methyl sites for hydroxylation is 1. The van der Waals surface area contributed by atoms with Crippen molar-refractivity contribution >= 4 is 17.3 Å². The number of nitriles is 1. The third kappa shape index (κ3) is 2.72. The fourth-order valence-electron chi connectivity index (χ4n) is 1.70. The van der Waals surface area contributed by atoms with Crippen LogP contribution in [0.5, 0.6) is 0 Å². The van der Waals surface area contributed by atoms with Gasteiger partial charge >= 0.3 is 5.97 Å². The maximum Gasteiger partial charge on any atom is 0.339 e. The van der Waals surface area contributed by atoms with Crippen LogP contribution in [-0.2, 0) is 0 Å². The number of benzene rings is 1. The van der Waals surface area contributed by atoms with Crippen molar-refractivity contribution in [3.05, 3.63) is 53.1 Å². The monoisotopic (exact) mass is 271 g/mol. The Kier molecular flexibility index (Phi) is 3.62. The van der Waals surface area contributed by atoms with Gasteiger partial charge in [0.2, 0.25) is 0 Å². The number of pyridine rings is 1.